The van der Waals surface area contributed by atoms with Crippen molar-refractivity contribution in [1.82, 2.24) is 20.1 Å². The Morgan fingerprint density at radius 2 is 1.78 bits per heavy atom. The van der Waals surface area contributed by atoms with E-state index in [-0.39, 0.29) is 45.0 Å². The maximum absolute atomic E-state index is 14.4. The van der Waals surface area contributed by atoms with E-state index in [1.54, 1.807) is 24.3 Å². The number of nitrogens with one attached hydrogen (secondary N) is 2. The standard InChI is InChI=1S/C26H20Cl2FN5O3/c27-18-12-19(28)17(11-16(18)23-20(29)7-4-10-30-23)24(36)31-22-13-21(25(37)32-26(14-35)8-9-26)33-34(22)15-5-2-1-3-6-15/h1-7,10-13,35H,8-9,14H2,(H,31,36)(H,32,37). The molecule has 0 atom stereocenters. The topological polar surface area (TPSA) is 109 Å². The molecule has 1 aliphatic rings. The number of benzene rings is 2. The molecule has 0 aliphatic heterocycles. The van der Waals surface area contributed by atoms with Gasteiger partial charge in [-0.15, -0.1) is 0 Å². The van der Waals surface area contributed by atoms with Gasteiger partial charge in [-0.2, -0.15) is 5.10 Å². The van der Waals surface area contributed by atoms with Crippen molar-refractivity contribution in [3.63, 3.8) is 0 Å². The number of hydrogen-bond donors (Lipinski definition) is 3. The average Bonchev–Trinajstić information content (AvgIpc) is 3.54. The number of aromatic nitrogens is 3. The SMILES string of the molecule is O=C(NC1(CO)CC1)c1cc(NC(=O)c2cc(-c3ncccc3F)c(Cl)cc2Cl)n(-c2ccccc2)n1. The van der Waals surface area contributed by atoms with E-state index in [0.717, 1.165) is 0 Å². The molecule has 2 aromatic heterocycles. The van der Waals surface area contributed by atoms with Gasteiger partial charge >= 0.3 is 0 Å². The third-order valence-corrected chi connectivity index (χ3v) is 6.66. The summed E-state index contributed by atoms with van der Waals surface area (Å²) in [5, 5.41) is 19.7. The van der Waals surface area contributed by atoms with Crippen molar-refractivity contribution in [3.05, 3.63) is 94.0 Å². The molecule has 4 aromatic rings. The lowest BCUT2D eigenvalue weighted by molar-refractivity contribution is 0.0900. The minimum atomic E-state index is -0.634. The zero-order valence-corrected chi connectivity index (χ0v) is 20.7. The van der Waals surface area contributed by atoms with Crippen molar-refractivity contribution >= 4 is 40.8 Å². The van der Waals surface area contributed by atoms with E-state index in [0.29, 0.717) is 18.5 Å². The number of pyridine rings is 1. The summed E-state index contributed by atoms with van der Waals surface area (Å²) < 4.78 is 15.8. The first-order valence-corrected chi connectivity index (χ1v) is 12.1. The van der Waals surface area contributed by atoms with Crippen LogP contribution < -0.4 is 10.6 Å². The van der Waals surface area contributed by atoms with Crippen LogP contribution in [0.2, 0.25) is 10.0 Å². The first-order valence-electron chi connectivity index (χ1n) is 11.3. The molecular formula is C26H20Cl2FN5O3. The Hall–Kier alpha value is -3.79. The molecule has 2 heterocycles. The molecule has 188 valence electrons. The molecule has 0 bridgehead atoms. The highest BCUT2D eigenvalue weighted by Crippen LogP contribution is 2.35. The molecule has 37 heavy (non-hydrogen) atoms. The molecule has 2 amide bonds. The lowest BCUT2D eigenvalue weighted by Crippen LogP contribution is -2.39. The summed E-state index contributed by atoms with van der Waals surface area (Å²) in [6, 6.07) is 15.7. The van der Waals surface area contributed by atoms with E-state index < -0.39 is 23.2 Å². The van der Waals surface area contributed by atoms with Gasteiger partial charge in [-0.1, -0.05) is 41.4 Å². The first kappa shape index (κ1) is 24.9. The maximum atomic E-state index is 14.4. The van der Waals surface area contributed by atoms with Crippen molar-refractivity contribution < 1.29 is 19.1 Å². The minimum absolute atomic E-state index is 0.0233. The van der Waals surface area contributed by atoms with Crippen LogP contribution in [0.1, 0.15) is 33.7 Å². The van der Waals surface area contributed by atoms with Crippen molar-refractivity contribution in [2.24, 2.45) is 0 Å². The van der Waals surface area contributed by atoms with Crippen LogP contribution in [0.4, 0.5) is 10.2 Å². The average molecular weight is 540 g/mol. The lowest BCUT2D eigenvalue weighted by Gasteiger charge is -2.12. The largest absolute Gasteiger partial charge is 0.394 e. The van der Waals surface area contributed by atoms with Gasteiger partial charge in [0.1, 0.15) is 17.3 Å². The van der Waals surface area contributed by atoms with Gasteiger partial charge in [-0.25, -0.2) is 9.07 Å². The Bertz CT molecular complexity index is 1510. The molecule has 0 radical (unpaired) electrons. The Morgan fingerprint density at radius 3 is 2.46 bits per heavy atom. The maximum Gasteiger partial charge on any atom is 0.272 e. The number of hydrogen-bond acceptors (Lipinski definition) is 5. The number of carbonyl (C=O) groups is 2. The van der Waals surface area contributed by atoms with Crippen LogP contribution in [0.15, 0.2) is 66.9 Å². The highest BCUT2D eigenvalue weighted by molar-refractivity contribution is 6.38. The van der Waals surface area contributed by atoms with E-state index in [9.17, 15) is 19.1 Å². The highest BCUT2D eigenvalue weighted by atomic mass is 35.5. The number of anilines is 1. The van der Waals surface area contributed by atoms with Crippen molar-refractivity contribution in [1.29, 1.82) is 0 Å². The number of halogens is 3. The predicted molar refractivity (Wildman–Crippen MR) is 138 cm³/mol. The summed E-state index contributed by atoms with van der Waals surface area (Å²) in [5.41, 5.74) is 0.213. The van der Waals surface area contributed by atoms with Gasteiger partial charge in [-0.3, -0.25) is 14.6 Å². The molecule has 1 saturated carbocycles. The van der Waals surface area contributed by atoms with Gasteiger partial charge in [0.15, 0.2) is 5.69 Å². The van der Waals surface area contributed by atoms with Gasteiger partial charge in [-0.05, 0) is 49.2 Å². The Kier molecular flexibility index (Phi) is 6.68. The third-order valence-electron chi connectivity index (χ3n) is 6.03. The van der Waals surface area contributed by atoms with Crippen LogP contribution >= 0.6 is 23.2 Å². The van der Waals surface area contributed by atoms with Crippen molar-refractivity contribution in [2.75, 3.05) is 11.9 Å². The van der Waals surface area contributed by atoms with Gasteiger partial charge in [0.05, 0.1) is 33.4 Å². The summed E-state index contributed by atoms with van der Waals surface area (Å²) in [7, 11) is 0. The highest BCUT2D eigenvalue weighted by Gasteiger charge is 2.44. The molecule has 0 saturated heterocycles. The van der Waals surface area contributed by atoms with Crippen LogP contribution in [0.3, 0.4) is 0 Å². The molecule has 5 rings (SSSR count). The fourth-order valence-corrected chi connectivity index (χ4v) is 4.36. The normalized spacial score (nSPS) is 13.7. The van der Waals surface area contributed by atoms with E-state index >= 15 is 0 Å². The summed E-state index contributed by atoms with van der Waals surface area (Å²) in [6.07, 6.45) is 2.76. The quantitative estimate of drug-likeness (QED) is 0.310. The predicted octanol–water partition coefficient (Wildman–Crippen LogP) is 4.89. The number of aliphatic hydroxyl groups excluding tert-OH is 1. The molecule has 1 fully saturated rings. The second-order valence-corrected chi connectivity index (χ2v) is 9.47. The lowest BCUT2D eigenvalue weighted by atomic mass is 10.1. The van der Waals surface area contributed by atoms with Crippen molar-refractivity contribution in [2.45, 2.75) is 18.4 Å². The smallest absolute Gasteiger partial charge is 0.272 e. The third kappa shape index (κ3) is 5.06. The number of carbonyl (C=O) groups excluding carboxylic acids is 2. The zero-order chi connectivity index (χ0) is 26.2. The number of rotatable bonds is 7. The summed E-state index contributed by atoms with van der Waals surface area (Å²) in [6.45, 7) is -0.171. The van der Waals surface area contributed by atoms with E-state index in [1.165, 1.54) is 41.2 Å². The number of amides is 2. The van der Waals surface area contributed by atoms with Crippen LogP contribution in [0.25, 0.3) is 16.9 Å². The van der Waals surface area contributed by atoms with Crippen LogP contribution in [0, 0.1) is 5.82 Å². The number of aliphatic hydroxyl groups is 1. The fraction of sp³-hybridized carbons (Fsp3) is 0.154. The summed E-state index contributed by atoms with van der Waals surface area (Å²) >= 11 is 12.6. The fourth-order valence-electron chi connectivity index (χ4n) is 3.80. The molecule has 8 nitrogen and oxygen atoms in total. The Labute approximate surface area is 221 Å². The molecule has 3 N–H and O–H groups in total. The molecule has 1 aliphatic carbocycles. The van der Waals surface area contributed by atoms with E-state index in [1.807, 2.05) is 6.07 Å². The molecule has 0 unspecified atom stereocenters. The van der Waals surface area contributed by atoms with Crippen LogP contribution in [0.5, 0.6) is 0 Å². The minimum Gasteiger partial charge on any atom is -0.394 e. The molecular weight excluding hydrogens is 520 g/mol. The van der Waals surface area contributed by atoms with E-state index in [2.05, 4.69) is 20.7 Å². The summed E-state index contributed by atoms with van der Waals surface area (Å²) in [5.74, 6) is -1.51. The first-order chi connectivity index (χ1) is 17.8. The van der Waals surface area contributed by atoms with Gasteiger partial charge in [0.2, 0.25) is 0 Å². The number of nitrogens with zero attached hydrogens (tertiary/aromatic N) is 3. The Balaban J connectivity index is 1.50. The molecule has 11 heteroatoms. The zero-order valence-electron chi connectivity index (χ0n) is 19.2. The van der Waals surface area contributed by atoms with Crippen LogP contribution in [-0.2, 0) is 0 Å². The molecule has 2 aromatic carbocycles. The van der Waals surface area contributed by atoms with Crippen LogP contribution in [-0.4, -0.2) is 43.8 Å². The van der Waals surface area contributed by atoms with Crippen molar-refractivity contribution in [3.8, 4) is 16.9 Å². The second-order valence-electron chi connectivity index (χ2n) is 8.65. The van der Waals surface area contributed by atoms with Gasteiger partial charge in [0.25, 0.3) is 11.8 Å². The number of para-hydroxylation sites is 1. The van der Waals surface area contributed by atoms with Gasteiger partial charge < -0.3 is 15.7 Å². The summed E-state index contributed by atoms with van der Waals surface area (Å²) in [4.78, 5) is 30.2. The van der Waals surface area contributed by atoms with E-state index in [4.69, 9.17) is 23.2 Å². The monoisotopic (exact) mass is 539 g/mol. The second kappa shape index (κ2) is 9.93. The Morgan fingerprint density at radius 1 is 1.03 bits per heavy atom. The molecule has 0 spiro atoms. The van der Waals surface area contributed by atoms with Gasteiger partial charge in [0, 0.05) is 17.8 Å².